The van der Waals surface area contributed by atoms with Gasteiger partial charge in [0.05, 0.1) is 18.2 Å². The number of rotatable bonds is 4. The number of nitrogens with two attached hydrogens (primary N) is 1. The molecular formula is C12H24N2O2. The van der Waals surface area contributed by atoms with Crippen molar-refractivity contribution in [3.05, 3.63) is 0 Å². The molecule has 0 aromatic carbocycles. The van der Waals surface area contributed by atoms with Gasteiger partial charge in [0.15, 0.2) is 0 Å². The molecule has 4 N–H and O–H groups in total. The van der Waals surface area contributed by atoms with E-state index in [9.17, 15) is 9.90 Å². The Morgan fingerprint density at radius 1 is 1.38 bits per heavy atom. The Labute approximate surface area is 97.6 Å². The van der Waals surface area contributed by atoms with E-state index in [4.69, 9.17) is 5.73 Å². The largest absolute Gasteiger partial charge is 0.394 e. The first-order valence-corrected chi connectivity index (χ1v) is 6.19. The maximum Gasteiger partial charge on any atom is 0.237 e. The van der Waals surface area contributed by atoms with Gasteiger partial charge in [-0.05, 0) is 18.8 Å². The van der Waals surface area contributed by atoms with Crippen LogP contribution in [0.15, 0.2) is 0 Å². The first kappa shape index (κ1) is 13.5. The van der Waals surface area contributed by atoms with E-state index in [1.165, 1.54) is 6.42 Å². The minimum absolute atomic E-state index is 0.0174. The lowest BCUT2D eigenvalue weighted by atomic mass is 9.82. The van der Waals surface area contributed by atoms with Gasteiger partial charge in [-0.2, -0.15) is 0 Å². The van der Waals surface area contributed by atoms with Crippen LogP contribution in [0.2, 0.25) is 0 Å². The number of hydrogen-bond acceptors (Lipinski definition) is 3. The van der Waals surface area contributed by atoms with Gasteiger partial charge < -0.3 is 16.2 Å². The third-order valence-electron chi connectivity index (χ3n) is 3.52. The third kappa shape index (κ3) is 3.19. The summed E-state index contributed by atoms with van der Waals surface area (Å²) in [7, 11) is 0. The molecule has 1 amide bonds. The smallest absolute Gasteiger partial charge is 0.237 e. The van der Waals surface area contributed by atoms with E-state index in [1.54, 1.807) is 0 Å². The van der Waals surface area contributed by atoms with Crippen molar-refractivity contribution < 1.29 is 9.90 Å². The Balaban J connectivity index is 2.58. The van der Waals surface area contributed by atoms with E-state index in [1.807, 2.05) is 13.8 Å². The van der Waals surface area contributed by atoms with Crippen LogP contribution >= 0.6 is 0 Å². The van der Waals surface area contributed by atoms with Crippen LogP contribution in [-0.2, 0) is 4.79 Å². The zero-order valence-electron chi connectivity index (χ0n) is 10.3. The van der Waals surface area contributed by atoms with Crippen LogP contribution in [0, 0.1) is 5.92 Å². The molecule has 0 saturated heterocycles. The fraction of sp³-hybridized carbons (Fsp3) is 0.917. The Bertz CT molecular complexity index is 235. The van der Waals surface area contributed by atoms with Gasteiger partial charge in [-0.15, -0.1) is 0 Å². The summed E-state index contributed by atoms with van der Waals surface area (Å²) in [5.41, 5.74) is 5.38. The van der Waals surface area contributed by atoms with Gasteiger partial charge in [-0.1, -0.05) is 33.1 Å². The maximum absolute atomic E-state index is 11.9. The zero-order chi connectivity index (χ0) is 12.2. The number of carbonyl (C=O) groups is 1. The molecule has 0 aliphatic heterocycles. The van der Waals surface area contributed by atoms with E-state index in [-0.39, 0.29) is 18.4 Å². The maximum atomic E-state index is 11.9. The van der Waals surface area contributed by atoms with Crippen LogP contribution in [0.25, 0.3) is 0 Å². The van der Waals surface area contributed by atoms with Gasteiger partial charge in [0.1, 0.15) is 0 Å². The van der Waals surface area contributed by atoms with Crippen LogP contribution < -0.4 is 11.1 Å². The summed E-state index contributed by atoms with van der Waals surface area (Å²) in [6, 6.07) is -0.481. The van der Waals surface area contributed by atoms with Crippen molar-refractivity contribution in [3.8, 4) is 0 Å². The summed E-state index contributed by atoms with van der Waals surface area (Å²) in [6.07, 6.45) is 5.05. The second-order valence-electron chi connectivity index (χ2n) is 5.26. The fourth-order valence-electron chi connectivity index (χ4n) is 2.20. The minimum atomic E-state index is -0.481. The predicted molar refractivity (Wildman–Crippen MR) is 63.9 cm³/mol. The molecule has 0 radical (unpaired) electrons. The number of amides is 1. The molecule has 4 heteroatoms. The fourth-order valence-corrected chi connectivity index (χ4v) is 2.20. The molecule has 1 fully saturated rings. The Morgan fingerprint density at radius 2 is 1.94 bits per heavy atom. The van der Waals surface area contributed by atoms with Crippen LogP contribution in [0.3, 0.4) is 0 Å². The number of aliphatic hydroxyl groups excluding tert-OH is 1. The van der Waals surface area contributed by atoms with Crippen LogP contribution in [0.5, 0.6) is 0 Å². The summed E-state index contributed by atoms with van der Waals surface area (Å²) < 4.78 is 0. The standard InChI is InChI=1S/C12H24N2O2/c1-9(2)10(13)11(16)14-12(8-15)6-4-3-5-7-12/h9-10,15H,3-8,13H2,1-2H3,(H,14,16). The molecule has 0 aromatic heterocycles. The molecule has 16 heavy (non-hydrogen) atoms. The van der Waals surface area contributed by atoms with Crippen LogP contribution in [-0.4, -0.2) is 29.2 Å². The lowest BCUT2D eigenvalue weighted by Gasteiger charge is -2.37. The molecule has 1 unspecified atom stereocenters. The monoisotopic (exact) mass is 228 g/mol. The quantitative estimate of drug-likeness (QED) is 0.665. The highest BCUT2D eigenvalue weighted by atomic mass is 16.3. The van der Waals surface area contributed by atoms with Crippen molar-refractivity contribution in [2.45, 2.75) is 57.5 Å². The number of nitrogens with one attached hydrogen (secondary N) is 1. The number of hydrogen-bond donors (Lipinski definition) is 3. The highest BCUT2D eigenvalue weighted by Crippen LogP contribution is 2.27. The Hall–Kier alpha value is -0.610. The van der Waals surface area contributed by atoms with E-state index >= 15 is 0 Å². The SMILES string of the molecule is CC(C)C(N)C(=O)NC1(CO)CCCCC1. The molecule has 1 saturated carbocycles. The lowest BCUT2D eigenvalue weighted by molar-refractivity contribution is -0.126. The van der Waals surface area contributed by atoms with Gasteiger partial charge >= 0.3 is 0 Å². The van der Waals surface area contributed by atoms with Gasteiger partial charge in [0.2, 0.25) is 5.91 Å². The van der Waals surface area contributed by atoms with Crippen molar-refractivity contribution in [2.24, 2.45) is 11.7 Å². The topological polar surface area (TPSA) is 75.4 Å². The average molecular weight is 228 g/mol. The normalized spacial score (nSPS) is 21.8. The Kier molecular flexibility index (Phi) is 4.74. The summed E-state index contributed by atoms with van der Waals surface area (Å²) in [6.45, 7) is 3.87. The van der Waals surface area contributed by atoms with Gasteiger partial charge in [-0.25, -0.2) is 0 Å². The summed E-state index contributed by atoms with van der Waals surface area (Å²) in [5, 5.41) is 12.4. The highest BCUT2D eigenvalue weighted by molar-refractivity contribution is 5.82. The molecule has 1 aliphatic carbocycles. The minimum Gasteiger partial charge on any atom is -0.394 e. The van der Waals surface area contributed by atoms with E-state index in [2.05, 4.69) is 5.32 Å². The number of aliphatic hydroxyl groups is 1. The van der Waals surface area contributed by atoms with Gasteiger partial charge in [-0.3, -0.25) is 4.79 Å². The first-order valence-electron chi connectivity index (χ1n) is 6.19. The molecular weight excluding hydrogens is 204 g/mol. The van der Waals surface area contributed by atoms with E-state index < -0.39 is 11.6 Å². The number of carbonyl (C=O) groups excluding carboxylic acids is 1. The second-order valence-corrected chi connectivity index (χ2v) is 5.26. The second kappa shape index (κ2) is 5.64. The molecule has 1 rings (SSSR count). The summed E-state index contributed by atoms with van der Waals surface area (Å²) >= 11 is 0. The third-order valence-corrected chi connectivity index (χ3v) is 3.52. The molecule has 4 nitrogen and oxygen atoms in total. The molecule has 1 atom stereocenters. The molecule has 0 bridgehead atoms. The summed E-state index contributed by atoms with van der Waals surface area (Å²) in [5.74, 6) is -0.00900. The molecule has 0 spiro atoms. The molecule has 94 valence electrons. The van der Waals surface area contributed by atoms with Gasteiger partial charge in [0.25, 0.3) is 0 Å². The van der Waals surface area contributed by atoms with Crippen molar-refractivity contribution in [1.29, 1.82) is 0 Å². The van der Waals surface area contributed by atoms with Crippen molar-refractivity contribution in [3.63, 3.8) is 0 Å². The highest BCUT2D eigenvalue weighted by Gasteiger charge is 2.34. The van der Waals surface area contributed by atoms with E-state index in [0.717, 1.165) is 25.7 Å². The van der Waals surface area contributed by atoms with Crippen molar-refractivity contribution >= 4 is 5.91 Å². The predicted octanol–water partition coefficient (Wildman–Crippen LogP) is 0.781. The van der Waals surface area contributed by atoms with Crippen molar-refractivity contribution in [2.75, 3.05) is 6.61 Å². The lowest BCUT2D eigenvalue weighted by Crippen LogP contribution is -2.57. The van der Waals surface area contributed by atoms with Crippen LogP contribution in [0.4, 0.5) is 0 Å². The first-order chi connectivity index (χ1) is 7.51. The zero-order valence-corrected chi connectivity index (χ0v) is 10.3. The van der Waals surface area contributed by atoms with Gasteiger partial charge in [0, 0.05) is 0 Å². The van der Waals surface area contributed by atoms with Crippen molar-refractivity contribution in [1.82, 2.24) is 5.32 Å². The molecule has 1 aliphatic rings. The molecule has 0 heterocycles. The van der Waals surface area contributed by atoms with Crippen LogP contribution in [0.1, 0.15) is 46.0 Å². The average Bonchev–Trinajstić information content (AvgIpc) is 2.29. The molecule has 0 aromatic rings. The Morgan fingerprint density at radius 3 is 2.38 bits per heavy atom. The summed E-state index contributed by atoms with van der Waals surface area (Å²) in [4.78, 5) is 11.9. The van der Waals surface area contributed by atoms with E-state index in [0.29, 0.717) is 0 Å².